The molecule has 0 amide bonds. The lowest BCUT2D eigenvalue weighted by atomic mass is 10.1. The Morgan fingerprint density at radius 3 is 2.69 bits per heavy atom. The minimum atomic E-state index is -0.410. The molecule has 0 bridgehead atoms. The number of halogens is 1. The van der Waals surface area contributed by atoms with Gasteiger partial charge in [0.1, 0.15) is 11.3 Å². The molecule has 1 fully saturated rings. The number of benzene rings is 1. The van der Waals surface area contributed by atoms with E-state index >= 15 is 0 Å². The smallest absolute Gasteiger partial charge is 0.341 e. The summed E-state index contributed by atoms with van der Waals surface area (Å²) in [5.41, 5.74) is 1.37. The first-order chi connectivity index (χ1) is 12.0. The number of nitrogens with zero attached hydrogens (tertiary/aromatic N) is 1. The second kappa shape index (κ2) is 10.9. The molecule has 1 saturated heterocycles. The summed E-state index contributed by atoms with van der Waals surface area (Å²) >= 11 is 2.01. The maximum absolute atomic E-state index is 11.9. The van der Waals surface area contributed by atoms with E-state index in [1.54, 1.807) is 19.2 Å². The second-order valence-electron chi connectivity index (χ2n) is 6.21. The highest BCUT2D eigenvalue weighted by molar-refractivity contribution is 14.0. The van der Waals surface area contributed by atoms with Gasteiger partial charge in [0, 0.05) is 24.9 Å². The molecule has 1 atom stereocenters. The van der Waals surface area contributed by atoms with Crippen molar-refractivity contribution < 1.29 is 14.3 Å². The van der Waals surface area contributed by atoms with Crippen molar-refractivity contribution >= 4 is 47.7 Å². The summed E-state index contributed by atoms with van der Waals surface area (Å²) in [4.78, 5) is 16.1. The monoisotopic (exact) mass is 493 g/mol. The molecule has 1 aromatic carbocycles. The molecule has 1 aliphatic heterocycles. The molecule has 6 nitrogen and oxygen atoms in total. The number of nitrogens with one attached hydrogen (secondary N) is 2. The van der Waals surface area contributed by atoms with E-state index in [0.29, 0.717) is 17.9 Å². The molecular formula is C18H28IN3O3S. The van der Waals surface area contributed by atoms with E-state index < -0.39 is 5.97 Å². The number of guanidine groups is 1. The highest BCUT2D eigenvalue weighted by atomic mass is 127. The van der Waals surface area contributed by atoms with Gasteiger partial charge in [-0.15, -0.1) is 24.0 Å². The average Bonchev–Trinajstić information content (AvgIpc) is 3.07. The van der Waals surface area contributed by atoms with Crippen molar-refractivity contribution in [2.24, 2.45) is 4.99 Å². The first kappa shape index (κ1) is 22.9. The fourth-order valence-electron chi connectivity index (χ4n) is 2.79. The van der Waals surface area contributed by atoms with Crippen LogP contribution in [0.1, 0.15) is 35.7 Å². The van der Waals surface area contributed by atoms with Gasteiger partial charge in [0.2, 0.25) is 0 Å². The van der Waals surface area contributed by atoms with Crippen LogP contribution in [0.2, 0.25) is 0 Å². The Hall–Kier alpha value is -1.16. The van der Waals surface area contributed by atoms with Gasteiger partial charge in [0.05, 0.1) is 14.2 Å². The van der Waals surface area contributed by atoms with E-state index in [0.717, 1.165) is 18.1 Å². The first-order valence-corrected chi connectivity index (χ1v) is 9.33. The molecule has 1 heterocycles. The molecule has 2 N–H and O–H groups in total. The zero-order valence-electron chi connectivity index (χ0n) is 15.8. The summed E-state index contributed by atoms with van der Waals surface area (Å²) < 4.78 is 10.3. The number of aliphatic imine (C=N–C) groups is 1. The molecule has 8 heteroatoms. The van der Waals surface area contributed by atoms with Crippen LogP contribution in [0.25, 0.3) is 0 Å². The van der Waals surface area contributed by atoms with Crippen molar-refractivity contribution in [3.63, 3.8) is 0 Å². The number of thioether (sulfide) groups is 1. The fraction of sp³-hybridized carbons (Fsp3) is 0.556. The molecule has 0 aliphatic carbocycles. The SMILES string of the molecule is CN=C(NCc1ccc(OC)c(C(=O)OC)c1)NCC1(C)CCCS1.I. The molecule has 0 spiro atoms. The molecule has 0 radical (unpaired) electrons. The summed E-state index contributed by atoms with van der Waals surface area (Å²) in [5, 5.41) is 6.68. The van der Waals surface area contributed by atoms with Gasteiger partial charge in [-0.05, 0) is 43.2 Å². The van der Waals surface area contributed by atoms with E-state index in [1.165, 1.54) is 32.8 Å². The van der Waals surface area contributed by atoms with Crippen LogP contribution >= 0.6 is 35.7 Å². The minimum absolute atomic E-state index is 0. The summed E-state index contributed by atoms with van der Waals surface area (Å²) in [6.45, 7) is 3.72. The van der Waals surface area contributed by atoms with Gasteiger partial charge in [-0.3, -0.25) is 4.99 Å². The van der Waals surface area contributed by atoms with Crippen molar-refractivity contribution in [1.29, 1.82) is 0 Å². The quantitative estimate of drug-likeness (QED) is 0.275. The fourth-order valence-corrected chi connectivity index (χ4v) is 4.03. The Morgan fingerprint density at radius 2 is 2.12 bits per heavy atom. The Labute approximate surface area is 176 Å². The molecule has 26 heavy (non-hydrogen) atoms. The third kappa shape index (κ3) is 6.22. The molecule has 1 aromatic rings. The maximum Gasteiger partial charge on any atom is 0.341 e. The third-order valence-electron chi connectivity index (χ3n) is 4.28. The zero-order valence-corrected chi connectivity index (χ0v) is 18.9. The second-order valence-corrected chi connectivity index (χ2v) is 7.89. The van der Waals surface area contributed by atoms with E-state index in [9.17, 15) is 4.79 Å². The largest absolute Gasteiger partial charge is 0.496 e. The Morgan fingerprint density at radius 1 is 1.35 bits per heavy atom. The van der Waals surface area contributed by atoms with Crippen LogP contribution in [0, 0.1) is 0 Å². The number of rotatable bonds is 6. The van der Waals surface area contributed by atoms with Crippen molar-refractivity contribution in [2.75, 3.05) is 33.6 Å². The predicted molar refractivity (Wildman–Crippen MR) is 118 cm³/mol. The highest BCUT2D eigenvalue weighted by Crippen LogP contribution is 2.36. The van der Waals surface area contributed by atoms with Crippen LogP contribution < -0.4 is 15.4 Å². The van der Waals surface area contributed by atoms with Crippen LogP contribution in [0.4, 0.5) is 0 Å². The number of carbonyl (C=O) groups is 1. The van der Waals surface area contributed by atoms with Crippen molar-refractivity contribution in [3.05, 3.63) is 29.3 Å². The standard InChI is InChI=1S/C18H27N3O3S.HI/c1-18(8-5-9-25-18)12-21-17(19-2)20-11-13-6-7-15(23-3)14(10-13)16(22)24-4;/h6-7,10H,5,8-9,11-12H2,1-4H3,(H2,19,20,21);1H. The van der Waals surface area contributed by atoms with Gasteiger partial charge in [-0.2, -0.15) is 11.8 Å². The summed E-state index contributed by atoms with van der Waals surface area (Å²) in [6.07, 6.45) is 2.50. The third-order valence-corrected chi connectivity index (χ3v) is 5.82. The molecular weight excluding hydrogens is 465 g/mol. The molecule has 0 aromatic heterocycles. The number of hydrogen-bond donors (Lipinski definition) is 2. The topological polar surface area (TPSA) is 72.0 Å². The Bertz CT molecular complexity index is 634. The summed E-state index contributed by atoms with van der Waals surface area (Å²) in [6, 6.07) is 5.47. The Kier molecular flexibility index (Phi) is 9.56. The normalized spacial score (nSPS) is 19.5. The lowest BCUT2D eigenvalue weighted by Crippen LogP contribution is -2.43. The van der Waals surface area contributed by atoms with Crippen LogP contribution in [0.5, 0.6) is 5.75 Å². The van der Waals surface area contributed by atoms with Crippen LogP contribution in [0.15, 0.2) is 23.2 Å². The maximum atomic E-state index is 11.9. The van der Waals surface area contributed by atoms with Crippen molar-refractivity contribution in [1.82, 2.24) is 10.6 Å². The van der Waals surface area contributed by atoms with Crippen LogP contribution in [-0.2, 0) is 11.3 Å². The molecule has 0 saturated carbocycles. The van der Waals surface area contributed by atoms with E-state index in [1.807, 2.05) is 17.8 Å². The van der Waals surface area contributed by atoms with Gasteiger partial charge in [-0.1, -0.05) is 6.07 Å². The van der Waals surface area contributed by atoms with Gasteiger partial charge < -0.3 is 20.1 Å². The van der Waals surface area contributed by atoms with E-state index in [2.05, 4.69) is 22.5 Å². The van der Waals surface area contributed by atoms with Crippen molar-refractivity contribution in [3.8, 4) is 5.75 Å². The number of ether oxygens (including phenoxy) is 2. The lowest BCUT2D eigenvalue weighted by Gasteiger charge is -2.24. The van der Waals surface area contributed by atoms with E-state index in [4.69, 9.17) is 9.47 Å². The number of methoxy groups -OCH3 is 2. The molecule has 1 unspecified atom stereocenters. The molecule has 1 aliphatic rings. The Balaban J connectivity index is 0.00000338. The van der Waals surface area contributed by atoms with E-state index in [-0.39, 0.29) is 28.7 Å². The van der Waals surface area contributed by atoms with Gasteiger partial charge in [0.15, 0.2) is 5.96 Å². The van der Waals surface area contributed by atoms with Gasteiger partial charge in [-0.25, -0.2) is 4.79 Å². The number of esters is 1. The van der Waals surface area contributed by atoms with Gasteiger partial charge >= 0.3 is 5.97 Å². The number of carbonyl (C=O) groups excluding carboxylic acids is 1. The molecule has 146 valence electrons. The summed E-state index contributed by atoms with van der Waals surface area (Å²) in [5.74, 6) is 2.08. The first-order valence-electron chi connectivity index (χ1n) is 8.35. The van der Waals surface area contributed by atoms with Crippen LogP contribution in [-0.4, -0.2) is 50.2 Å². The predicted octanol–water partition coefficient (Wildman–Crippen LogP) is 3.05. The van der Waals surface area contributed by atoms with Crippen LogP contribution in [0.3, 0.4) is 0 Å². The van der Waals surface area contributed by atoms with Crippen molar-refractivity contribution in [2.45, 2.75) is 31.1 Å². The lowest BCUT2D eigenvalue weighted by molar-refractivity contribution is 0.0597. The van der Waals surface area contributed by atoms with Gasteiger partial charge in [0.25, 0.3) is 0 Å². The average molecular weight is 493 g/mol. The summed E-state index contributed by atoms with van der Waals surface area (Å²) in [7, 11) is 4.65. The minimum Gasteiger partial charge on any atom is -0.496 e. The zero-order chi connectivity index (χ0) is 18.3. The number of hydrogen-bond acceptors (Lipinski definition) is 5. The highest BCUT2D eigenvalue weighted by Gasteiger charge is 2.29. The molecule has 2 rings (SSSR count).